The van der Waals surface area contributed by atoms with Crippen LogP contribution in [0.5, 0.6) is 11.5 Å². The minimum absolute atomic E-state index is 0.00751. The Labute approximate surface area is 216 Å². The summed E-state index contributed by atoms with van der Waals surface area (Å²) in [4.78, 5) is 28.2. The number of amides is 2. The van der Waals surface area contributed by atoms with Crippen LogP contribution in [0, 0.1) is 6.92 Å². The lowest BCUT2D eigenvalue weighted by atomic mass is 9.94. The normalized spacial score (nSPS) is 19.1. The van der Waals surface area contributed by atoms with Crippen molar-refractivity contribution >= 4 is 17.5 Å². The summed E-state index contributed by atoms with van der Waals surface area (Å²) in [5.74, 6) is 1.39. The average Bonchev–Trinajstić information content (AvgIpc) is 3.37. The van der Waals surface area contributed by atoms with Crippen LogP contribution in [0.2, 0.25) is 0 Å². The molecule has 0 aromatic heterocycles. The Morgan fingerprint density at radius 1 is 1.00 bits per heavy atom. The Kier molecular flexibility index (Phi) is 5.88. The largest absolute Gasteiger partial charge is 0.454 e. The topological polar surface area (TPSA) is 77.1 Å². The summed E-state index contributed by atoms with van der Waals surface area (Å²) in [5, 5.41) is 3.14. The highest BCUT2D eigenvalue weighted by Gasteiger charge is 2.51. The van der Waals surface area contributed by atoms with Gasteiger partial charge in [-0.2, -0.15) is 0 Å². The van der Waals surface area contributed by atoms with E-state index in [2.05, 4.69) is 5.32 Å². The third kappa shape index (κ3) is 4.23. The van der Waals surface area contributed by atoms with Gasteiger partial charge in [0.1, 0.15) is 6.23 Å². The van der Waals surface area contributed by atoms with Gasteiger partial charge in [0.2, 0.25) is 12.7 Å². The molecular weight excluding hydrogens is 468 g/mol. The monoisotopic (exact) mass is 498 g/mol. The molecule has 190 valence electrons. The van der Waals surface area contributed by atoms with Crippen molar-refractivity contribution in [1.29, 1.82) is 0 Å². The van der Waals surface area contributed by atoms with Crippen molar-refractivity contribution in [3.63, 3.8) is 0 Å². The molecule has 2 fully saturated rings. The molecule has 1 atom stereocenters. The Morgan fingerprint density at radius 3 is 2.54 bits per heavy atom. The zero-order valence-corrected chi connectivity index (χ0v) is 21.1. The summed E-state index contributed by atoms with van der Waals surface area (Å²) in [7, 11) is 1.65. The Hall–Kier alpha value is -3.84. The molecule has 2 aliphatic heterocycles. The van der Waals surface area contributed by atoms with Crippen LogP contribution in [0.4, 0.5) is 5.69 Å². The number of methoxy groups -OCH3 is 1. The lowest BCUT2D eigenvalue weighted by Crippen LogP contribution is -2.36. The lowest BCUT2D eigenvalue weighted by molar-refractivity contribution is -0.118. The number of hydrogen-bond donors (Lipinski definition) is 1. The van der Waals surface area contributed by atoms with Crippen LogP contribution in [0.3, 0.4) is 0 Å². The van der Waals surface area contributed by atoms with Crippen molar-refractivity contribution in [3.05, 3.63) is 77.4 Å². The second-order valence-corrected chi connectivity index (χ2v) is 10.0. The van der Waals surface area contributed by atoms with Gasteiger partial charge in [0, 0.05) is 24.9 Å². The van der Waals surface area contributed by atoms with E-state index in [1.807, 2.05) is 67.6 Å². The molecule has 6 rings (SSSR count). The first-order chi connectivity index (χ1) is 18.0. The maximum atomic E-state index is 13.4. The first-order valence-electron chi connectivity index (χ1n) is 12.7. The van der Waals surface area contributed by atoms with Gasteiger partial charge < -0.3 is 24.4 Å². The van der Waals surface area contributed by atoms with Crippen LogP contribution in [0.1, 0.15) is 47.2 Å². The highest BCUT2D eigenvalue weighted by atomic mass is 16.7. The summed E-state index contributed by atoms with van der Waals surface area (Å²) in [6.45, 7) is 2.97. The molecule has 3 aromatic rings. The Balaban J connectivity index is 1.20. The van der Waals surface area contributed by atoms with E-state index in [0.717, 1.165) is 59.4 Å². The predicted molar refractivity (Wildman–Crippen MR) is 140 cm³/mol. The molecule has 7 heteroatoms. The van der Waals surface area contributed by atoms with Crippen molar-refractivity contribution in [2.45, 2.75) is 44.2 Å². The molecule has 1 unspecified atom stereocenters. The molecule has 7 nitrogen and oxygen atoms in total. The van der Waals surface area contributed by atoms with E-state index in [4.69, 9.17) is 14.2 Å². The van der Waals surface area contributed by atoms with Crippen LogP contribution in [-0.2, 0) is 14.9 Å². The molecule has 1 aliphatic carbocycles. The first-order valence-corrected chi connectivity index (χ1v) is 12.7. The van der Waals surface area contributed by atoms with Crippen molar-refractivity contribution in [2.24, 2.45) is 0 Å². The fourth-order valence-electron chi connectivity index (χ4n) is 5.40. The van der Waals surface area contributed by atoms with Crippen molar-refractivity contribution in [2.75, 3.05) is 25.8 Å². The number of anilines is 1. The third-order valence-corrected chi connectivity index (χ3v) is 7.78. The summed E-state index contributed by atoms with van der Waals surface area (Å²) < 4.78 is 16.4. The molecule has 0 spiro atoms. The maximum Gasteiger partial charge on any atom is 0.255 e. The van der Waals surface area contributed by atoms with Crippen LogP contribution < -0.4 is 14.8 Å². The second kappa shape index (κ2) is 9.23. The Bertz CT molecular complexity index is 1360. The molecule has 37 heavy (non-hydrogen) atoms. The maximum absolute atomic E-state index is 13.4. The molecule has 0 bridgehead atoms. The molecule has 3 aromatic carbocycles. The number of fused-ring (bicyclic) bond motifs is 1. The van der Waals surface area contributed by atoms with Gasteiger partial charge in [-0.05, 0) is 91.3 Å². The van der Waals surface area contributed by atoms with E-state index in [0.29, 0.717) is 17.9 Å². The zero-order chi connectivity index (χ0) is 25.6. The lowest BCUT2D eigenvalue weighted by Gasteiger charge is -2.23. The van der Waals surface area contributed by atoms with Crippen LogP contribution in [0.15, 0.2) is 60.7 Å². The molecule has 1 N–H and O–H groups in total. The van der Waals surface area contributed by atoms with E-state index >= 15 is 0 Å². The second-order valence-electron chi connectivity index (χ2n) is 10.0. The van der Waals surface area contributed by atoms with Gasteiger partial charge in [-0.25, -0.2) is 0 Å². The zero-order valence-electron chi connectivity index (χ0n) is 21.1. The van der Waals surface area contributed by atoms with Crippen molar-refractivity contribution in [3.8, 4) is 22.6 Å². The smallest absolute Gasteiger partial charge is 0.255 e. The van der Waals surface area contributed by atoms with Gasteiger partial charge in [-0.15, -0.1) is 0 Å². The molecule has 2 heterocycles. The molecule has 3 aliphatic rings. The fourth-order valence-corrected chi connectivity index (χ4v) is 5.40. The van der Waals surface area contributed by atoms with Crippen LogP contribution in [-0.4, -0.2) is 43.4 Å². The number of nitrogens with zero attached hydrogens (tertiary/aromatic N) is 1. The van der Waals surface area contributed by atoms with Crippen LogP contribution in [0.25, 0.3) is 11.1 Å². The summed E-state index contributed by atoms with van der Waals surface area (Å²) in [5.41, 5.74) is 4.91. The molecule has 0 radical (unpaired) electrons. The summed E-state index contributed by atoms with van der Waals surface area (Å²) in [6, 6.07) is 19.4. The molecule has 1 saturated carbocycles. The SMILES string of the molecule is COC1CCCN1C(=O)c1ccc(-c2cc(NC(=O)C3(c4ccc5c(c4)OCO5)CC3)ccc2C)cc1. The van der Waals surface area contributed by atoms with Gasteiger partial charge >= 0.3 is 0 Å². The highest BCUT2D eigenvalue weighted by molar-refractivity contribution is 6.02. The van der Waals surface area contributed by atoms with Gasteiger partial charge in [-0.1, -0.05) is 24.3 Å². The number of hydrogen-bond acceptors (Lipinski definition) is 5. The number of carbonyl (C=O) groups is 2. The van der Waals surface area contributed by atoms with Crippen molar-refractivity contribution in [1.82, 2.24) is 4.90 Å². The van der Waals surface area contributed by atoms with Gasteiger partial charge in [0.05, 0.1) is 5.41 Å². The van der Waals surface area contributed by atoms with E-state index < -0.39 is 5.41 Å². The number of rotatable bonds is 6. The number of aryl methyl sites for hydroxylation is 1. The fraction of sp³-hybridized carbons (Fsp3) is 0.333. The van der Waals surface area contributed by atoms with Gasteiger partial charge in [-0.3, -0.25) is 9.59 Å². The van der Waals surface area contributed by atoms with E-state index in [1.165, 1.54) is 0 Å². The van der Waals surface area contributed by atoms with E-state index in [1.54, 1.807) is 12.0 Å². The van der Waals surface area contributed by atoms with Gasteiger partial charge in [0.25, 0.3) is 5.91 Å². The van der Waals surface area contributed by atoms with Gasteiger partial charge in [0.15, 0.2) is 11.5 Å². The highest BCUT2D eigenvalue weighted by Crippen LogP contribution is 2.51. The minimum Gasteiger partial charge on any atom is -0.454 e. The van der Waals surface area contributed by atoms with Crippen molar-refractivity contribution < 1.29 is 23.8 Å². The minimum atomic E-state index is -0.538. The predicted octanol–water partition coefficient (Wildman–Crippen LogP) is 5.27. The van der Waals surface area contributed by atoms with Crippen LogP contribution >= 0.6 is 0 Å². The average molecular weight is 499 g/mol. The molecule has 1 saturated heterocycles. The summed E-state index contributed by atoms with van der Waals surface area (Å²) >= 11 is 0. The number of carbonyl (C=O) groups excluding carboxylic acids is 2. The Morgan fingerprint density at radius 2 is 1.78 bits per heavy atom. The summed E-state index contributed by atoms with van der Waals surface area (Å²) in [6.07, 6.45) is 3.27. The quantitative estimate of drug-likeness (QED) is 0.501. The number of likely N-dealkylation sites (tertiary alicyclic amines) is 1. The standard InChI is InChI=1S/C30H30N2O5/c1-19-5-11-23(31-29(34)30(13-14-30)22-10-12-25-26(16-22)37-18-36-25)17-24(19)20-6-8-21(9-7-20)28(33)32-15-3-4-27(32)35-2/h5-12,16-17,27H,3-4,13-15,18H2,1-2H3,(H,31,34). The third-order valence-electron chi connectivity index (χ3n) is 7.78. The molecular formula is C30H30N2O5. The number of ether oxygens (including phenoxy) is 3. The van der Waals surface area contributed by atoms with E-state index in [-0.39, 0.29) is 24.8 Å². The van der Waals surface area contributed by atoms with E-state index in [9.17, 15) is 9.59 Å². The first kappa shape index (κ1) is 23.6. The number of nitrogens with one attached hydrogen (secondary N) is 1. The molecule has 2 amide bonds. The number of benzene rings is 3.